The second-order valence-corrected chi connectivity index (χ2v) is 5.52. The Morgan fingerprint density at radius 1 is 1.32 bits per heavy atom. The van der Waals surface area contributed by atoms with Crippen LogP contribution < -0.4 is 10.1 Å². The zero-order valence-corrected chi connectivity index (χ0v) is 12.8. The summed E-state index contributed by atoms with van der Waals surface area (Å²) in [5.41, 5.74) is 0.210. The first kappa shape index (κ1) is 17.0. The molecule has 2 saturated heterocycles. The van der Waals surface area contributed by atoms with Gasteiger partial charge in [-0.2, -0.15) is 8.78 Å². The van der Waals surface area contributed by atoms with Crippen molar-refractivity contribution >= 4 is 18.3 Å². The molecule has 0 radical (unpaired) electrons. The second kappa shape index (κ2) is 7.24. The molecule has 0 aromatic heterocycles. The van der Waals surface area contributed by atoms with Crippen molar-refractivity contribution in [1.82, 2.24) is 10.2 Å². The van der Waals surface area contributed by atoms with E-state index in [9.17, 15) is 13.6 Å². The highest BCUT2D eigenvalue weighted by atomic mass is 35.5. The molecular weight excluding hydrogens is 314 g/mol. The van der Waals surface area contributed by atoms with E-state index in [1.807, 2.05) is 0 Å². The van der Waals surface area contributed by atoms with Gasteiger partial charge in [0.2, 0.25) is 0 Å². The molecule has 0 bridgehead atoms. The van der Waals surface area contributed by atoms with Crippen LogP contribution in [0.5, 0.6) is 5.75 Å². The van der Waals surface area contributed by atoms with E-state index in [1.165, 1.54) is 6.07 Å². The summed E-state index contributed by atoms with van der Waals surface area (Å²) in [6, 6.07) is 6.68. The van der Waals surface area contributed by atoms with Gasteiger partial charge in [-0.25, -0.2) is 0 Å². The zero-order chi connectivity index (χ0) is 14.8. The molecule has 0 spiro atoms. The molecule has 2 fully saturated rings. The molecule has 2 aliphatic heterocycles. The summed E-state index contributed by atoms with van der Waals surface area (Å²) >= 11 is 0. The molecule has 1 amide bonds. The number of hydrogen-bond donors (Lipinski definition) is 1. The minimum Gasteiger partial charge on any atom is -0.434 e. The first-order valence-electron chi connectivity index (χ1n) is 7.21. The monoisotopic (exact) mass is 332 g/mol. The number of likely N-dealkylation sites (tertiary alicyclic amines) is 1. The van der Waals surface area contributed by atoms with Crippen LogP contribution in [0.2, 0.25) is 0 Å². The average Bonchev–Trinajstić information content (AvgIpc) is 2.94. The Hall–Kier alpha value is -1.40. The van der Waals surface area contributed by atoms with Gasteiger partial charge >= 0.3 is 6.61 Å². The summed E-state index contributed by atoms with van der Waals surface area (Å²) in [5, 5.41) is 3.43. The molecule has 1 N–H and O–H groups in total. The topological polar surface area (TPSA) is 41.6 Å². The molecular formula is C15H19ClF2N2O2. The van der Waals surface area contributed by atoms with Crippen molar-refractivity contribution < 1.29 is 18.3 Å². The molecule has 2 heterocycles. The normalized spacial score (nSPS) is 23.9. The van der Waals surface area contributed by atoms with Crippen molar-refractivity contribution in [3.63, 3.8) is 0 Å². The fourth-order valence-corrected chi connectivity index (χ4v) is 3.24. The molecule has 0 aliphatic carbocycles. The number of hydrogen-bond acceptors (Lipinski definition) is 3. The van der Waals surface area contributed by atoms with E-state index in [0.29, 0.717) is 25.0 Å². The number of carbonyl (C=O) groups excluding carboxylic acids is 1. The summed E-state index contributed by atoms with van der Waals surface area (Å²) < 4.78 is 29.3. The van der Waals surface area contributed by atoms with Crippen LogP contribution in [0.25, 0.3) is 0 Å². The number of nitrogens with one attached hydrogen (secondary N) is 1. The third kappa shape index (κ3) is 3.50. The molecule has 1 aromatic rings. The van der Waals surface area contributed by atoms with Gasteiger partial charge in [0.05, 0.1) is 5.56 Å². The van der Waals surface area contributed by atoms with Gasteiger partial charge in [-0.3, -0.25) is 4.79 Å². The number of halogens is 3. The summed E-state index contributed by atoms with van der Waals surface area (Å²) in [5.74, 6) is 0.187. The summed E-state index contributed by atoms with van der Waals surface area (Å²) in [7, 11) is 0. The molecule has 22 heavy (non-hydrogen) atoms. The van der Waals surface area contributed by atoms with Crippen molar-refractivity contribution in [2.75, 3.05) is 19.6 Å². The lowest BCUT2D eigenvalue weighted by atomic mass is 9.93. The van der Waals surface area contributed by atoms with Gasteiger partial charge in [-0.15, -0.1) is 12.4 Å². The average molecular weight is 333 g/mol. The molecule has 2 unspecified atom stereocenters. The summed E-state index contributed by atoms with van der Waals surface area (Å²) in [6.45, 7) is -0.610. The fourth-order valence-electron chi connectivity index (χ4n) is 3.24. The van der Waals surface area contributed by atoms with Crippen LogP contribution in [-0.2, 0) is 0 Å². The molecule has 2 aliphatic rings. The number of alkyl halides is 2. The summed E-state index contributed by atoms with van der Waals surface area (Å²) in [6.07, 6.45) is 1.97. The fraction of sp³-hybridized carbons (Fsp3) is 0.533. The molecule has 1 aromatic carbocycles. The van der Waals surface area contributed by atoms with Crippen LogP contribution in [0.1, 0.15) is 23.2 Å². The molecule has 4 nitrogen and oxygen atoms in total. The maximum Gasteiger partial charge on any atom is 0.387 e. The van der Waals surface area contributed by atoms with Crippen LogP contribution in [0.15, 0.2) is 24.3 Å². The smallest absolute Gasteiger partial charge is 0.387 e. The van der Waals surface area contributed by atoms with Crippen molar-refractivity contribution in [2.24, 2.45) is 5.92 Å². The molecule has 7 heteroatoms. The van der Waals surface area contributed by atoms with Gasteiger partial charge in [0.25, 0.3) is 5.91 Å². The number of amides is 1. The number of rotatable bonds is 3. The molecule has 3 rings (SSSR count). The standard InChI is InChI=1S/C15H18F2N2O2.ClH/c16-15(17)21-13-4-2-1-3-11(13)14(20)19-8-6-12-10(9-19)5-7-18-12;/h1-4,10,12,15,18H,5-9H2;1H. The van der Waals surface area contributed by atoms with Crippen LogP contribution in [0.4, 0.5) is 8.78 Å². The number of ether oxygens (including phenoxy) is 1. The molecule has 122 valence electrons. The Balaban J connectivity index is 0.00000176. The van der Waals surface area contributed by atoms with Gasteiger partial charge in [0.1, 0.15) is 5.75 Å². The number of benzene rings is 1. The van der Waals surface area contributed by atoms with Crippen molar-refractivity contribution in [2.45, 2.75) is 25.5 Å². The lowest BCUT2D eigenvalue weighted by Gasteiger charge is -2.35. The number of fused-ring (bicyclic) bond motifs is 1. The minimum absolute atomic E-state index is 0. The van der Waals surface area contributed by atoms with Gasteiger partial charge in [-0.1, -0.05) is 12.1 Å². The van der Waals surface area contributed by atoms with Gasteiger partial charge < -0.3 is 15.0 Å². The van der Waals surface area contributed by atoms with Crippen molar-refractivity contribution in [1.29, 1.82) is 0 Å². The second-order valence-electron chi connectivity index (χ2n) is 5.52. The lowest BCUT2D eigenvalue weighted by molar-refractivity contribution is -0.0503. The van der Waals surface area contributed by atoms with Crippen LogP contribution in [-0.4, -0.2) is 43.1 Å². The van der Waals surface area contributed by atoms with E-state index in [-0.39, 0.29) is 29.6 Å². The Morgan fingerprint density at radius 3 is 2.86 bits per heavy atom. The highest BCUT2D eigenvalue weighted by Gasteiger charge is 2.35. The Labute approximate surface area is 134 Å². The molecule has 2 atom stereocenters. The van der Waals surface area contributed by atoms with E-state index in [2.05, 4.69) is 10.1 Å². The number of piperidine rings is 1. The maximum atomic E-state index is 12.6. The lowest BCUT2D eigenvalue weighted by Crippen LogP contribution is -2.46. The minimum atomic E-state index is -2.93. The number of nitrogens with zero attached hydrogens (tertiary/aromatic N) is 1. The highest BCUT2D eigenvalue weighted by molar-refractivity contribution is 5.97. The summed E-state index contributed by atoms with van der Waals surface area (Å²) in [4.78, 5) is 14.3. The highest BCUT2D eigenvalue weighted by Crippen LogP contribution is 2.28. The SMILES string of the molecule is Cl.O=C(c1ccccc1OC(F)F)N1CCC2NCCC2C1. The van der Waals surface area contributed by atoms with Crippen LogP contribution in [0.3, 0.4) is 0 Å². The van der Waals surface area contributed by atoms with E-state index in [1.54, 1.807) is 23.1 Å². The first-order chi connectivity index (χ1) is 10.1. The van der Waals surface area contributed by atoms with Gasteiger partial charge in [-0.05, 0) is 37.4 Å². The van der Waals surface area contributed by atoms with E-state index >= 15 is 0 Å². The molecule has 0 saturated carbocycles. The van der Waals surface area contributed by atoms with Gasteiger partial charge in [0, 0.05) is 19.1 Å². The maximum absolute atomic E-state index is 12.6. The Morgan fingerprint density at radius 2 is 2.09 bits per heavy atom. The van der Waals surface area contributed by atoms with E-state index in [0.717, 1.165) is 19.4 Å². The van der Waals surface area contributed by atoms with E-state index in [4.69, 9.17) is 0 Å². The Kier molecular flexibility index (Phi) is 5.58. The van der Waals surface area contributed by atoms with Crippen LogP contribution in [0, 0.1) is 5.92 Å². The van der Waals surface area contributed by atoms with Crippen molar-refractivity contribution in [3.05, 3.63) is 29.8 Å². The predicted octanol–water partition coefficient (Wildman–Crippen LogP) is 2.53. The largest absolute Gasteiger partial charge is 0.434 e. The number of carbonyl (C=O) groups is 1. The third-order valence-electron chi connectivity index (χ3n) is 4.28. The first-order valence-corrected chi connectivity index (χ1v) is 7.21. The predicted molar refractivity (Wildman–Crippen MR) is 80.7 cm³/mol. The number of para-hydroxylation sites is 1. The van der Waals surface area contributed by atoms with Gasteiger partial charge in [0.15, 0.2) is 0 Å². The zero-order valence-electron chi connectivity index (χ0n) is 12.0. The third-order valence-corrected chi connectivity index (χ3v) is 4.28. The quantitative estimate of drug-likeness (QED) is 0.925. The Bertz CT molecular complexity index is 530. The van der Waals surface area contributed by atoms with Crippen LogP contribution >= 0.6 is 12.4 Å². The van der Waals surface area contributed by atoms with E-state index < -0.39 is 6.61 Å². The van der Waals surface area contributed by atoms with Crippen molar-refractivity contribution in [3.8, 4) is 5.75 Å².